The van der Waals surface area contributed by atoms with Gasteiger partial charge < -0.3 is 20.3 Å². The van der Waals surface area contributed by atoms with Gasteiger partial charge in [0.2, 0.25) is 5.91 Å². The maximum Gasteiger partial charge on any atom is 0.255 e. The first-order valence-corrected chi connectivity index (χ1v) is 8.76. The van der Waals surface area contributed by atoms with Crippen LogP contribution in [0.15, 0.2) is 53.1 Å². The predicted molar refractivity (Wildman–Crippen MR) is 103 cm³/mol. The van der Waals surface area contributed by atoms with Gasteiger partial charge in [0, 0.05) is 12.1 Å². The molecule has 0 aliphatic carbocycles. The number of nitrogens with two attached hydrogens (primary N) is 1. The molecule has 2 aromatic carbocycles. The van der Waals surface area contributed by atoms with Gasteiger partial charge >= 0.3 is 0 Å². The van der Waals surface area contributed by atoms with E-state index in [0.29, 0.717) is 22.6 Å². The highest BCUT2D eigenvalue weighted by molar-refractivity contribution is 5.97. The van der Waals surface area contributed by atoms with Gasteiger partial charge in [-0.2, -0.15) is 0 Å². The van der Waals surface area contributed by atoms with E-state index in [1.54, 1.807) is 42.5 Å². The smallest absolute Gasteiger partial charge is 0.255 e. The highest BCUT2D eigenvalue weighted by Crippen LogP contribution is 2.21. The molecule has 0 unspecified atom stereocenters. The number of hydrogen-bond acceptors (Lipinski definition) is 5. The number of nitrogens with one attached hydrogen (secondary N) is 1. The van der Waals surface area contributed by atoms with Crippen LogP contribution in [-0.2, 0) is 13.2 Å². The monoisotopic (exact) mass is 379 g/mol. The average Bonchev–Trinajstić information content (AvgIpc) is 3.02. The van der Waals surface area contributed by atoms with E-state index in [4.69, 9.17) is 15.0 Å². The van der Waals surface area contributed by atoms with Crippen molar-refractivity contribution in [3.05, 3.63) is 82.2 Å². The Labute approximate surface area is 162 Å². The van der Waals surface area contributed by atoms with Gasteiger partial charge in [-0.25, -0.2) is 0 Å². The van der Waals surface area contributed by atoms with Crippen molar-refractivity contribution < 1.29 is 18.8 Å². The Morgan fingerprint density at radius 1 is 1.14 bits per heavy atom. The lowest BCUT2D eigenvalue weighted by molar-refractivity contribution is 0.0945. The lowest BCUT2D eigenvalue weighted by Crippen LogP contribution is -2.23. The van der Waals surface area contributed by atoms with Gasteiger partial charge in [-0.15, -0.1) is 0 Å². The molecule has 0 aliphatic rings. The molecule has 7 heteroatoms. The van der Waals surface area contributed by atoms with Crippen molar-refractivity contribution in [1.82, 2.24) is 10.5 Å². The largest absolute Gasteiger partial charge is 0.488 e. The molecule has 0 bridgehead atoms. The molecule has 3 aromatic rings. The fourth-order valence-electron chi connectivity index (χ4n) is 2.75. The molecule has 2 amide bonds. The van der Waals surface area contributed by atoms with Crippen molar-refractivity contribution in [1.29, 1.82) is 0 Å². The topological polar surface area (TPSA) is 107 Å². The Morgan fingerprint density at radius 2 is 1.93 bits per heavy atom. The number of primary amides is 1. The lowest BCUT2D eigenvalue weighted by atomic mass is 10.1. The molecule has 144 valence electrons. The number of rotatable bonds is 7. The summed E-state index contributed by atoms with van der Waals surface area (Å²) in [4.78, 5) is 23.9. The van der Waals surface area contributed by atoms with E-state index in [2.05, 4.69) is 10.5 Å². The summed E-state index contributed by atoms with van der Waals surface area (Å²) >= 11 is 0. The van der Waals surface area contributed by atoms with Crippen molar-refractivity contribution in [2.24, 2.45) is 5.73 Å². The Balaban J connectivity index is 1.69. The molecule has 0 spiro atoms. The zero-order valence-electron chi connectivity index (χ0n) is 15.7. The van der Waals surface area contributed by atoms with Crippen LogP contribution in [0, 0.1) is 13.8 Å². The summed E-state index contributed by atoms with van der Waals surface area (Å²) in [6.45, 7) is 4.18. The third-order valence-corrected chi connectivity index (χ3v) is 4.35. The Hall–Kier alpha value is -3.61. The van der Waals surface area contributed by atoms with E-state index in [-0.39, 0.29) is 19.1 Å². The van der Waals surface area contributed by atoms with Gasteiger partial charge in [0.05, 0.1) is 16.8 Å². The molecule has 0 fully saturated rings. The minimum Gasteiger partial charge on any atom is -0.488 e. The molecule has 1 aromatic heterocycles. The van der Waals surface area contributed by atoms with Crippen LogP contribution in [0.25, 0.3) is 0 Å². The fourth-order valence-corrected chi connectivity index (χ4v) is 2.75. The number of carbonyl (C=O) groups excluding carboxylic acids is 2. The van der Waals surface area contributed by atoms with Crippen LogP contribution in [0.2, 0.25) is 0 Å². The maximum atomic E-state index is 12.6. The summed E-state index contributed by atoms with van der Waals surface area (Å²) in [6, 6.07) is 13.8. The highest BCUT2D eigenvalue weighted by atomic mass is 16.5. The first kappa shape index (κ1) is 19.2. The van der Waals surface area contributed by atoms with Crippen LogP contribution >= 0.6 is 0 Å². The molecule has 3 rings (SSSR count). The van der Waals surface area contributed by atoms with E-state index in [0.717, 1.165) is 16.8 Å². The Morgan fingerprint density at radius 3 is 2.64 bits per heavy atom. The third kappa shape index (κ3) is 4.37. The quantitative estimate of drug-likeness (QED) is 0.656. The van der Waals surface area contributed by atoms with Gasteiger partial charge in [0.1, 0.15) is 18.1 Å². The number of para-hydroxylation sites is 1. The zero-order valence-corrected chi connectivity index (χ0v) is 15.7. The first-order valence-electron chi connectivity index (χ1n) is 8.76. The predicted octanol–water partition coefficient (Wildman–Crippen LogP) is 2.90. The summed E-state index contributed by atoms with van der Waals surface area (Å²) in [5.41, 5.74) is 8.50. The molecule has 0 saturated carbocycles. The van der Waals surface area contributed by atoms with Crippen molar-refractivity contribution in [2.45, 2.75) is 27.0 Å². The third-order valence-electron chi connectivity index (χ3n) is 4.35. The molecule has 0 atom stereocenters. The number of hydrogen-bond donors (Lipinski definition) is 2. The van der Waals surface area contributed by atoms with Crippen molar-refractivity contribution in [3.8, 4) is 5.75 Å². The second-order valence-corrected chi connectivity index (χ2v) is 6.33. The minimum absolute atomic E-state index is 0.256. The second-order valence-electron chi connectivity index (χ2n) is 6.33. The molecular weight excluding hydrogens is 358 g/mol. The molecule has 0 radical (unpaired) electrons. The summed E-state index contributed by atoms with van der Waals surface area (Å²) in [7, 11) is 0. The van der Waals surface area contributed by atoms with Crippen molar-refractivity contribution in [3.63, 3.8) is 0 Å². The fraction of sp³-hybridized carbons (Fsp3) is 0.190. The molecule has 28 heavy (non-hydrogen) atoms. The van der Waals surface area contributed by atoms with E-state index in [1.165, 1.54) is 0 Å². The number of carbonyl (C=O) groups is 2. The normalized spacial score (nSPS) is 10.5. The molecule has 0 aliphatic heterocycles. The van der Waals surface area contributed by atoms with Crippen LogP contribution in [0.1, 0.15) is 43.3 Å². The van der Waals surface area contributed by atoms with Crippen LogP contribution in [0.3, 0.4) is 0 Å². The number of benzene rings is 2. The average molecular weight is 379 g/mol. The van der Waals surface area contributed by atoms with Crippen molar-refractivity contribution >= 4 is 11.8 Å². The zero-order chi connectivity index (χ0) is 20.1. The number of nitrogens with zero attached hydrogens (tertiary/aromatic N) is 1. The van der Waals surface area contributed by atoms with E-state index in [1.807, 2.05) is 19.9 Å². The number of ether oxygens (including phenoxy) is 1. The van der Waals surface area contributed by atoms with Crippen LogP contribution < -0.4 is 15.8 Å². The van der Waals surface area contributed by atoms with Gasteiger partial charge in [0.25, 0.3) is 5.91 Å². The molecular formula is C21H21N3O4. The summed E-state index contributed by atoms with van der Waals surface area (Å²) in [5, 5.41) is 6.74. The van der Waals surface area contributed by atoms with E-state index in [9.17, 15) is 9.59 Å². The van der Waals surface area contributed by atoms with Gasteiger partial charge in [-0.3, -0.25) is 9.59 Å². The lowest BCUT2D eigenvalue weighted by Gasteiger charge is -2.12. The van der Waals surface area contributed by atoms with Crippen LogP contribution in [-0.4, -0.2) is 17.0 Å². The van der Waals surface area contributed by atoms with Crippen LogP contribution in [0.5, 0.6) is 5.75 Å². The highest BCUT2D eigenvalue weighted by Gasteiger charge is 2.15. The number of aryl methyl sites for hydroxylation is 2. The summed E-state index contributed by atoms with van der Waals surface area (Å²) in [5.74, 6) is 0.365. The second kappa shape index (κ2) is 8.39. The maximum absolute atomic E-state index is 12.6. The molecule has 1 heterocycles. The van der Waals surface area contributed by atoms with E-state index < -0.39 is 5.91 Å². The Kier molecular flexibility index (Phi) is 5.74. The molecule has 7 nitrogen and oxygen atoms in total. The summed E-state index contributed by atoms with van der Waals surface area (Å²) < 4.78 is 11.0. The van der Waals surface area contributed by atoms with Gasteiger partial charge in [-0.05, 0) is 43.7 Å². The standard InChI is InChI=1S/C21H21N3O4/c1-13-18(14(2)28-24-13)12-27-19-9-4-3-8-17(19)21(26)23-11-15-6-5-7-16(10-15)20(22)25/h3-10H,11-12H2,1-2H3,(H2,22,25)(H,23,26). The summed E-state index contributed by atoms with van der Waals surface area (Å²) in [6.07, 6.45) is 0. The van der Waals surface area contributed by atoms with Gasteiger partial charge in [0.15, 0.2) is 0 Å². The number of amides is 2. The Bertz CT molecular complexity index is 991. The van der Waals surface area contributed by atoms with Crippen molar-refractivity contribution in [2.75, 3.05) is 0 Å². The van der Waals surface area contributed by atoms with Gasteiger partial charge in [-0.1, -0.05) is 29.4 Å². The first-order chi connectivity index (χ1) is 13.5. The number of aromatic nitrogens is 1. The minimum atomic E-state index is -0.508. The van der Waals surface area contributed by atoms with E-state index >= 15 is 0 Å². The molecule has 0 saturated heterocycles. The van der Waals surface area contributed by atoms with Crippen LogP contribution in [0.4, 0.5) is 0 Å². The SMILES string of the molecule is Cc1noc(C)c1COc1ccccc1C(=O)NCc1cccc(C(N)=O)c1. The molecule has 3 N–H and O–H groups in total.